The molecule has 2 aliphatic heterocycles. The Hall–Kier alpha value is -4.81. The van der Waals surface area contributed by atoms with E-state index >= 15 is 8.78 Å². The summed E-state index contributed by atoms with van der Waals surface area (Å²) in [4.78, 5) is 37.2. The topological polar surface area (TPSA) is 120 Å². The van der Waals surface area contributed by atoms with Gasteiger partial charge in [0.05, 0.1) is 36.7 Å². The number of hydrogen-bond donors (Lipinski definition) is 2. The van der Waals surface area contributed by atoms with Gasteiger partial charge in [0.25, 0.3) is 17.7 Å². The van der Waals surface area contributed by atoms with Gasteiger partial charge in [-0.05, 0) is 44.4 Å². The highest BCUT2D eigenvalue weighted by Gasteiger charge is 2.55. The van der Waals surface area contributed by atoms with Crippen molar-refractivity contribution in [3.63, 3.8) is 0 Å². The molecule has 3 heterocycles. The summed E-state index contributed by atoms with van der Waals surface area (Å²) in [6.45, 7) is 4.07. The number of carbonyl (C=O) groups is 2. The van der Waals surface area contributed by atoms with Gasteiger partial charge in [-0.1, -0.05) is 12.1 Å². The minimum atomic E-state index is -4.92. The lowest BCUT2D eigenvalue weighted by molar-refractivity contribution is -0.172. The molecule has 54 heavy (non-hydrogen) atoms. The number of aliphatic hydroxyl groups is 1. The molecule has 1 spiro atoms. The molecule has 1 aliphatic carbocycles. The zero-order valence-corrected chi connectivity index (χ0v) is 29.5. The maximum Gasteiger partial charge on any atom is 0.433 e. The number of nitrogens with zero attached hydrogens (tertiary/aromatic N) is 5. The molecule has 3 aromatic rings. The number of carbonyl (C=O) groups excluding carboxylic acids is 2. The van der Waals surface area contributed by atoms with Gasteiger partial charge in [-0.15, -0.1) is 0 Å². The van der Waals surface area contributed by atoms with Crippen LogP contribution in [0.25, 0.3) is 11.3 Å². The third-order valence-corrected chi connectivity index (χ3v) is 10.1. The molecule has 1 aromatic heterocycles. The molecule has 1 saturated carbocycles. The molecule has 0 bridgehead atoms. The number of alkyl halides is 5. The van der Waals surface area contributed by atoms with Gasteiger partial charge in [-0.2, -0.15) is 17.6 Å². The SMILES string of the molecule is Cc1c(-c2cc(C(C)(F)F)ccc2NC(=O)C2=C(O)C3(CCC3)N(C)N(Cc3ccc(OCCN4CCOCC4)c(F)c3F)C2=O)ncnc1C(F)(F)F. The predicted octanol–water partition coefficient (Wildman–Crippen LogP) is 6.13. The van der Waals surface area contributed by atoms with Crippen molar-refractivity contribution in [2.75, 3.05) is 51.8 Å². The van der Waals surface area contributed by atoms with Crippen molar-refractivity contribution in [3.8, 4) is 17.0 Å². The van der Waals surface area contributed by atoms with Crippen molar-refractivity contribution in [2.45, 2.75) is 57.3 Å². The Morgan fingerprint density at radius 3 is 2.39 bits per heavy atom. The third kappa shape index (κ3) is 7.33. The molecule has 18 heteroatoms. The Labute approximate surface area is 305 Å². The number of rotatable bonds is 10. The van der Waals surface area contributed by atoms with Crippen LogP contribution in [-0.4, -0.2) is 93.8 Å². The Morgan fingerprint density at radius 2 is 1.76 bits per heavy atom. The fraction of sp³-hybridized carbons (Fsp3) is 0.444. The van der Waals surface area contributed by atoms with Crippen molar-refractivity contribution < 1.29 is 54.9 Å². The molecule has 2 aromatic carbocycles. The number of amides is 2. The van der Waals surface area contributed by atoms with Crippen molar-refractivity contribution in [2.24, 2.45) is 0 Å². The van der Waals surface area contributed by atoms with Crippen LogP contribution in [0.2, 0.25) is 0 Å². The lowest BCUT2D eigenvalue weighted by Gasteiger charge is -2.54. The lowest BCUT2D eigenvalue weighted by Crippen LogP contribution is -2.65. The van der Waals surface area contributed by atoms with Gasteiger partial charge in [0, 0.05) is 55.9 Å². The maximum atomic E-state index is 15.5. The number of halogens is 7. The number of aromatic nitrogens is 2. The molecular weight excluding hydrogens is 729 g/mol. The van der Waals surface area contributed by atoms with Crippen LogP contribution in [0.5, 0.6) is 5.75 Å². The summed E-state index contributed by atoms with van der Waals surface area (Å²) in [6.07, 6.45) is -3.19. The van der Waals surface area contributed by atoms with Gasteiger partial charge in [0.1, 0.15) is 24.3 Å². The van der Waals surface area contributed by atoms with Crippen molar-refractivity contribution in [1.82, 2.24) is 24.9 Å². The second-order valence-corrected chi connectivity index (χ2v) is 13.4. The normalized spacial score (nSPS) is 18.3. The number of morpholine rings is 1. The molecule has 2 N–H and O–H groups in total. The molecule has 6 rings (SSSR count). The summed E-state index contributed by atoms with van der Waals surface area (Å²) in [5, 5.41) is 16.2. The number of ether oxygens (including phenoxy) is 2. The number of hydrogen-bond acceptors (Lipinski definition) is 9. The first-order chi connectivity index (χ1) is 25.4. The van der Waals surface area contributed by atoms with E-state index in [1.165, 1.54) is 24.2 Å². The van der Waals surface area contributed by atoms with Crippen LogP contribution in [0.4, 0.5) is 36.4 Å². The Kier molecular flexibility index (Phi) is 10.7. The molecule has 11 nitrogen and oxygen atoms in total. The fourth-order valence-electron chi connectivity index (χ4n) is 6.83. The van der Waals surface area contributed by atoms with Crippen LogP contribution in [0, 0.1) is 18.6 Å². The van der Waals surface area contributed by atoms with Crippen LogP contribution < -0.4 is 10.1 Å². The van der Waals surface area contributed by atoms with E-state index in [9.17, 15) is 36.6 Å². The highest BCUT2D eigenvalue weighted by atomic mass is 19.4. The Balaban J connectivity index is 1.30. The second-order valence-electron chi connectivity index (χ2n) is 13.4. The van der Waals surface area contributed by atoms with E-state index in [1.807, 2.05) is 0 Å². The minimum Gasteiger partial charge on any atom is -0.509 e. The fourth-order valence-corrected chi connectivity index (χ4v) is 6.83. The zero-order valence-electron chi connectivity index (χ0n) is 29.5. The highest BCUT2D eigenvalue weighted by Crippen LogP contribution is 2.47. The molecule has 2 amide bonds. The summed E-state index contributed by atoms with van der Waals surface area (Å²) < 4.78 is 112. The van der Waals surface area contributed by atoms with Crippen LogP contribution >= 0.6 is 0 Å². The summed E-state index contributed by atoms with van der Waals surface area (Å²) >= 11 is 0. The molecule has 2 fully saturated rings. The number of hydrazine groups is 1. The van der Waals surface area contributed by atoms with Crippen LogP contribution in [-0.2, 0) is 33.0 Å². The van der Waals surface area contributed by atoms with Gasteiger partial charge >= 0.3 is 6.18 Å². The summed E-state index contributed by atoms with van der Waals surface area (Å²) in [5.74, 6) is -9.29. The number of likely N-dealkylation sites (N-methyl/N-ethyl adjacent to an activating group) is 1. The standard InChI is InChI=1S/C36H37F7N6O5/c1-20-29(44-19-45-30(20)36(41,42)43)23-17-22(34(2,39)40)6-7-24(23)46-32(51)26-31(50)35(9-4-10-35)47(3)49(33(26)52)18-21-5-8-25(28(38)27(21)37)54-16-13-48-11-14-53-15-12-48/h5-8,17,19,50H,4,9-16,18H2,1-3H3,(H,46,51). The van der Waals surface area contributed by atoms with E-state index < -0.39 is 81.5 Å². The van der Waals surface area contributed by atoms with E-state index in [1.54, 1.807) is 0 Å². The van der Waals surface area contributed by atoms with E-state index in [0.717, 1.165) is 30.1 Å². The minimum absolute atomic E-state index is 0.0831. The second kappa shape index (κ2) is 14.8. The summed E-state index contributed by atoms with van der Waals surface area (Å²) in [5.41, 5.74) is -5.84. The third-order valence-electron chi connectivity index (χ3n) is 10.1. The van der Waals surface area contributed by atoms with Crippen molar-refractivity contribution in [1.29, 1.82) is 0 Å². The van der Waals surface area contributed by atoms with Gasteiger partial charge in [-0.3, -0.25) is 19.5 Å². The first-order valence-electron chi connectivity index (χ1n) is 17.1. The predicted molar refractivity (Wildman–Crippen MR) is 179 cm³/mol. The maximum absolute atomic E-state index is 15.5. The van der Waals surface area contributed by atoms with Gasteiger partial charge < -0.3 is 19.9 Å². The number of nitrogens with one attached hydrogen (secondary N) is 1. The molecule has 3 aliphatic rings. The van der Waals surface area contributed by atoms with Crippen LogP contribution in [0.15, 0.2) is 48.0 Å². The largest absolute Gasteiger partial charge is 0.509 e. The molecule has 1 saturated heterocycles. The van der Waals surface area contributed by atoms with Gasteiger partial charge in [0.2, 0.25) is 5.82 Å². The monoisotopic (exact) mass is 766 g/mol. The van der Waals surface area contributed by atoms with Gasteiger partial charge in [-0.25, -0.2) is 28.1 Å². The van der Waals surface area contributed by atoms with Crippen LogP contribution in [0.1, 0.15) is 48.6 Å². The average Bonchev–Trinajstić information content (AvgIpc) is 3.08. The van der Waals surface area contributed by atoms with Crippen molar-refractivity contribution in [3.05, 3.63) is 82.0 Å². The molecule has 0 atom stereocenters. The van der Waals surface area contributed by atoms with Crippen LogP contribution in [0.3, 0.4) is 0 Å². The molecule has 0 unspecified atom stereocenters. The van der Waals surface area contributed by atoms with E-state index in [0.29, 0.717) is 52.5 Å². The van der Waals surface area contributed by atoms with E-state index in [2.05, 4.69) is 20.2 Å². The first-order valence-corrected chi connectivity index (χ1v) is 17.1. The number of anilines is 1. The number of aliphatic hydroxyl groups excluding tert-OH is 1. The average molecular weight is 767 g/mol. The number of benzene rings is 2. The van der Waals surface area contributed by atoms with Gasteiger partial charge in [0.15, 0.2) is 17.3 Å². The van der Waals surface area contributed by atoms with E-state index in [4.69, 9.17) is 9.47 Å². The molecule has 0 radical (unpaired) electrons. The first kappa shape index (κ1) is 38.9. The Morgan fingerprint density at radius 1 is 1.06 bits per heavy atom. The zero-order chi connectivity index (χ0) is 39.2. The summed E-state index contributed by atoms with van der Waals surface area (Å²) in [6, 6.07) is 5.30. The quantitative estimate of drug-likeness (QED) is 0.186. The Bertz CT molecular complexity index is 1980. The smallest absolute Gasteiger partial charge is 0.433 e. The molecular formula is C36H37F7N6O5. The van der Waals surface area contributed by atoms with E-state index in [-0.39, 0.29) is 42.0 Å². The summed E-state index contributed by atoms with van der Waals surface area (Å²) in [7, 11) is 1.46. The lowest BCUT2D eigenvalue weighted by atomic mass is 9.72. The highest BCUT2D eigenvalue weighted by molar-refractivity contribution is 6.24. The molecule has 290 valence electrons. The van der Waals surface area contributed by atoms with Crippen molar-refractivity contribution >= 4 is 17.5 Å².